The first-order valence-electron chi connectivity index (χ1n) is 40.7. The third kappa shape index (κ3) is 84.7. The molecule has 0 saturated heterocycles. The van der Waals surface area contributed by atoms with Crippen molar-refractivity contribution in [1.82, 2.24) is 0 Å². The number of quaternary nitrogens is 1. The lowest BCUT2D eigenvalue weighted by molar-refractivity contribution is -0.870. The Morgan fingerprint density at radius 3 is 0.769 bits per heavy atom. The number of hydrogen-bond acceptors (Lipinski definition) is 8. The molecule has 0 saturated carbocycles. The standard InChI is InChI=1S/C94H148NO8P/c1-6-8-10-12-14-16-18-20-22-24-26-28-30-32-34-36-38-40-42-44-46-47-49-51-53-55-57-59-61-63-65-67-69-71-73-75-77-79-81-83-85-87-94(97)103-92(91-102-104(98,99)101-89-88-95(3,4)5)90-100-93(96)86-84-82-80-78-76-74-72-70-68-66-64-62-60-58-56-54-52-50-48-45-43-41-39-37-35-33-31-29-27-25-23-21-19-17-15-13-11-9-7-2/h8-11,14-17,20-23,26-29,32-35,38-41,44-46,48-49,51-52,54-55,57-58,60-61,63,67,69,92H,6-7,12-13,18-19,24-25,30-31,36-37,42-43,47,50,53,56,59,62,64-66,68,70-91H2,1-5H3/b10-8-,11-9-,16-14-,17-15-,22-20-,23-21-,28-26-,29-27-,34-32-,35-33-,40-38-,41-39-,46-44-,48-45-,51-49-,54-52-,57-55-,60-58-,63-61-,69-67-. The van der Waals surface area contributed by atoms with Crippen molar-refractivity contribution in [1.29, 1.82) is 0 Å². The first kappa shape index (κ1) is 97.8. The maximum atomic E-state index is 12.9. The first-order valence-corrected chi connectivity index (χ1v) is 42.2. The molecule has 0 aromatic carbocycles. The molecule has 0 aliphatic heterocycles. The molecular formula is C94H148NO8P. The zero-order valence-corrected chi connectivity index (χ0v) is 67.3. The molecule has 0 amide bonds. The predicted octanol–water partition coefficient (Wildman–Crippen LogP) is 27.2. The van der Waals surface area contributed by atoms with Gasteiger partial charge >= 0.3 is 11.9 Å². The van der Waals surface area contributed by atoms with E-state index in [1.807, 2.05) is 21.1 Å². The Balaban J connectivity index is 4.12. The summed E-state index contributed by atoms with van der Waals surface area (Å²) in [6.45, 7) is 3.97. The molecule has 0 heterocycles. The summed E-state index contributed by atoms with van der Waals surface area (Å²) in [5.74, 6) is -0.863. The number of carbonyl (C=O) groups excluding carboxylic acids is 2. The van der Waals surface area contributed by atoms with Crippen molar-refractivity contribution in [2.75, 3.05) is 47.5 Å². The molecule has 0 rings (SSSR count). The molecule has 0 aliphatic rings. The molecule has 0 spiro atoms. The zero-order chi connectivity index (χ0) is 75.4. The highest BCUT2D eigenvalue weighted by Gasteiger charge is 2.22. The summed E-state index contributed by atoms with van der Waals surface area (Å²) in [5, 5.41) is 0. The van der Waals surface area contributed by atoms with E-state index in [2.05, 4.69) is 257 Å². The number of esters is 2. The highest BCUT2D eigenvalue weighted by molar-refractivity contribution is 7.45. The lowest BCUT2D eigenvalue weighted by atomic mass is 10.0. The molecule has 2 atom stereocenters. The maximum absolute atomic E-state index is 12.9. The number of phosphoric acid groups is 1. The second kappa shape index (κ2) is 80.9. The van der Waals surface area contributed by atoms with Crippen LogP contribution in [-0.4, -0.2) is 70.0 Å². The van der Waals surface area contributed by atoms with Gasteiger partial charge < -0.3 is 27.9 Å². The van der Waals surface area contributed by atoms with Gasteiger partial charge in [-0.15, -0.1) is 0 Å². The number of ether oxygens (including phenoxy) is 2. The number of carbonyl (C=O) groups is 2. The van der Waals surface area contributed by atoms with E-state index in [0.717, 1.165) is 186 Å². The number of rotatable bonds is 72. The van der Waals surface area contributed by atoms with Crippen molar-refractivity contribution in [2.24, 2.45) is 0 Å². The zero-order valence-electron chi connectivity index (χ0n) is 66.4. The smallest absolute Gasteiger partial charge is 0.306 e. The van der Waals surface area contributed by atoms with Gasteiger partial charge in [0.15, 0.2) is 6.10 Å². The Kier molecular flexibility index (Phi) is 76.1. The lowest BCUT2D eigenvalue weighted by Gasteiger charge is -2.28. The van der Waals surface area contributed by atoms with Gasteiger partial charge in [0.05, 0.1) is 27.7 Å². The van der Waals surface area contributed by atoms with Crippen molar-refractivity contribution in [3.05, 3.63) is 243 Å². The molecule has 0 aromatic rings. The molecular weight excluding hydrogens is 1300 g/mol. The van der Waals surface area contributed by atoms with E-state index in [1.54, 1.807) is 0 Å². The summed E-state index contributed by atoms with van der Waals surface area (Å²) in [6.07, 6.45) is 131. The number of hydrogen-bond donors (Lipinski definition) is 0. The normalized spacial score (nSPS) is 14.3. The summed E-state index contributed by atoms with van der Waals surface area (Å²) in [6, 6.07) is 0. The quantitative estimate of drug-likeness (QED) is 0.0195. The second-order valence-electron chi connectivity index (χ2n) is 27.3. The van der Waals surface area contributed by atoms with Crippen molar-refractivity contribution >= 4 is 19.8 Å². The number of unbranched alkanes of at least 4 members (excludes halogenated alkanes) is 18. The van der Waals surface area contributed by atoms with Crippen LogP contribution in [0, 0.1) is 0 Å². The van der Waals surface area contributed by atoms with E-state index in [-0.39, 0.29) is 26.1 Å². The third-order valence-corrected chi connectivity index (χ3v) is 17.3. The van der Waals surface area contributed by atoms with Crippen molar-refractivity contribution < 1.29 is 42.1 Å². The average molecular weight is 1450 g/mol. The monoisotopic (exact) mass is 1450 g/mol. The summed E-state index contributed by atoms with van der Waals surface area (Å²) in [7, 11) is 1.13. The topological polar surface area (TPSA) is 111 Å². The molecule has 0 aromatic heterocycles. The Morgan fingerprint density at radius 1 is 0.298 bits per heavy atom. The van der Waals surface area contributed by atoms with Crippen LogP contribution in [-0.2, 0) is 32.7 Å². The summed E-state index contributed by atoms with van der Waals surface area (Å²) in [5.41, 5.74) is 0. The van der Waals surface area contributed by atoms with E-state index in [4.69, 9.17) is 18.5 Å². The van der Waals surface area contributed by atoms with Crippen LogP contribution in [0.15, 0.2) is 243 Å². The van der Waals surface area contributed by atoms with Gasteiger partial charge in [-0.2, -0.15) is 0 Å². The largest absolute Gasteiger partial charge is 0.756 e. The molecule has 0 N–H and O–H groups in total. The van der Waals surface area contributed by atoms with Gasteiger partial charge in [-0.05, 0) is 167 Å². The molecule has 0 fully saturated rings. The fourth-order valence-electron chi connectivity index (χ4n) is 10.2. The van der Waals surface area contributed by atoms with Crippen LogP contribution in [0.25, 0.3) is 0 Å². The molecule has 9 nitrogen and oxygen atoms in total. The van der Waals surface area contributed by atoms with Gasteiger partial charge in [0, 0.05) is 12.8 Å². The van der Waals surface area contributed by atoms with Crippen LogP contribution < -0.4 is 4.89 Å². The average Bonchev–Trinajstić information content (AvgIpc) is 0.920. The number of likely N-dealkylation sites (N-methyl/N-ethyl adjacent to an activating group) is 1. The van der Waals surface area contributed by atoms with Crippen molar-refractivity contribution in [3.8, 4) is 0 Å². The van der Waals surface area contributed by atoms with Gasteiger partial charge in [-0.3, -0.25) is 14.2 Å². The van der Waals surface area contributed by atoms with Crippen LogP contribution in [0.1, 0.15) is 284 Å². The van der Waals surface area contributed by atoms with Crippen molar-refractivity contribution in [3.63, 3.8) is 0 Å². The molecule has 0 radical (unpaired) electrons. The second-order valence-corrected chi connectivity index (χ2v) is 28.7. The predicted molar refractivity (Wildman–Crippen MR) is 451 cm³/mol. The summed E-state index contributed by atoms with van der Waals surface area (Å²) < 4.78 is 34.4. The minimum Gasteiger partial charge on any atom is -0.756 e. The SMILES string of the molecule is CC/C=C\C/C=C\C/C=C\C/C=C\C/C=C\C/C=C\C/C=C\C/C=C\C/C=C\C/C=C\C/C=C\CCCCCCCCCC(=O)OC(COC(=O)CCCCCCCCCCCCC/C=C\C/C=C\C/C=C\C/C=C\C/C=C\C/C=C\C/C=C\C/C=C\C/C=C\CC)COP(=O)([O-])OCC[N+](C)(C)C. The van der Waals surface area contributed by atoms with Gasteiger partial charge in [0.2, 0.25) is 0 Å². The Morgan fingerprint density at radius 2 is 0.519 bits per heavy atom. The van der Waals surface area contributed by atoms with Crippen LogP contribution in [0.2, 0.25) is 0 Å². The van der Waals surface area contributed by atoms with Crippen LogP contribution >= 0.6 is 7.82 Å². The van der Waals surface area contributed by atoms with Crippen LogP contribution in [0.4, 0.5) is 0 Å². The molecule has 2 unspecified atom stereocenters. The van der Waals surface area contributed by atoms with E-state index >= 15 is 0 Å². The highest BCUT2D eigenvalue weighted by atomic mass is 31.2. The molecule has 10 heteroatoms. The molecule has 104 heavy (non-hydrogen) atoms. The number of phosphoric ester groups is 1. The minimum atomic E-state index is -4.67. The molecule has 0 aliphatic carbocycles. The Bertz CT molecular complexity index is 2670. The molecule has 582 valence electrons. The fraction of sp³-hybridized carbons (Fsp3) is 0.553. The minimum absolute atomic E-state index is 0.0457. The first-order chi connectivity index (χ1) is 51.0. The summed E-state index contributed by atoms with van der Waals surface area (Å²) in [4.78, 5) is 38.2. The van der Waals surface area contributed by atoms with Gasteiger partial charge in [-0.1, -0.05) is 347 Å². The van der Waals surface area contributed by atoms with Gasteiger partial charge in [0.1, 0.15) is 19.8 Å². The Hall–Kier alpha value is -6.19. The number of allylic oxidation sites excluding steroid dienone is 40. The third-order valence-electron chi connectivity index (χ3n) is 16.4. The van der Waals surface area contributed by atoms with Crippen LogP contribution in [0.5, 0.6) is 0 Å². The fourth-order valence-corrected chi connectivity index (χ4v) is 11.0. The van der Waals surface area contributed by atoms with E-state index in [9.17, 15) is 19.0 Å². The molecule has 0 bridgehead atoms. The van der Waals surface area contributed by atoms with Gasteiger partial charge in [0.25, 0.3) is 7.82 Å². The Labute approximate surface area is 638 Å². The maximum Gasteiger partial charge on any atom is 0.306 e. The highest BCUT2D eigenvalue weighted by Crippen LogP contribution is 2.38. The van der Waals surface area contributed by atoms with Crippen molar-refractivity contribution in [2.45, 2.75) is 290 Å². The number of nitrogens with zero attached hydrogens (tertiary/aromatic N) is 1. The van der Waals surface area contributed by atoms with E-state index in [0.29, 0.717) is 23.9 Å². The lowest BCUT2D eigenvalue weighted by Crippen LogP contribution is -2.37. The van der Waals surface area contributed by atoms with Crippen LogP contribution in [0.3, 0.4) is 0 Å². The van der Waals surface area contributed by atoms with E-state index < -0.39 is 32.5 Å². The summed E-state index contributed by atoms with van der Waals surface area (Å²) >= 11 is 0. The van der Waals surface area contributed by atoms with E-state index in [1.165, 1.54) is 57.8 Å². The van der Waals surface area contributed by atoms with Gasteiger partial charge in [-0.25, -0.2) is 0 Å².